The lowest BCUT2D eigenvalue weighted by molar-refractivity contribution is 0.168. The molecule has 1 aliphatic heterocycles. The Balaban J connectivity index is 1.34. The van der Waals surface area contributed by atoms with E-state index in [1.165, 1.54) is 23.9 Å². The SMILES string of the molecule is Clc1ccc(CN2CCC(Cn3cnc4ccccc43)CC2)cc1Cl. The predicted molar refractivity (Wildman–Crippen MR) is 104 cm³/mol. The fourth-order valence-electron chi connectivity index (χ4n) is 3.66. The van der Waals surface area contributed by atoms with Crippen LogP contribution in [0.3, 0.4) is 0 Å². The maximum Gasteiger partial charge on any atom is 0.0958 e. The first-order valence-electron chi connectivity index (χ1n) is 8.75. The molecule has 0 atom stereocenters. The molecule has 0 saturated carbocycles. The van der Waals surface area contributed by atoms with Gasteiger partial charge in [-0.05, 0) is 61.7 Å². The molecule has 5 heteroatoms. The molecule has 0 aliphatic carbocycles. The van der Waals surface area contributed by atoms with Gasteiger partial charge in [0.05, 0.1) is 27.4 Å². The Morgan fingerprint density at radius 3 is 2.60 bits per heavy atom. The van der Waals surface area contributed by atoms with Gasteiger partial charge in [-0.15, -0.1) is 0 Å². The first-order chi connectivity index (χ1) is 12.2. The van der Waals surface area contributed by atoms with Crippen LogP contribution >= 0.6 is 23.2 Å². The lowest BCUT2D eigenvalue weighted by Gasteiger charge is -2.32. The van der Waals surface area contributed by atoms with Crippen LogP contribution in [0.15, 0.2) is 48.8 Å². The first-order valence-corrected chi connectivity index (χ1v) is 9.51. The monoisotopic (exact) mass is 373 g/mol. The van der Waals surface area contributed by atoms with Crippen LogP contribution in [-0.4, -0.2) is 27.5 Å². The Bertz CT molecular complexity index is 866. The number of likely N-dealkylation sites (tertiary alicyclic amines) is 1. The van der Waals surface area contributed by atoms with Gasteiger partial charge >= 0.3 is 0 Å². The van der Waals surface area contributed by atoms with E-state index < -0.39 is 0 Å². The lowest BCUT2D eigenvalue weighted by Crippen LogP contribution is -2.34. The van der Waals surface area contributed by atoms with Crippen LogP contribution in [0.4, 0.5) is 0 Å². The molecule has 0 radical (unpaired) electrons. The van der Waals surface area contributed by atoms with Gasteiger partial charge in [0.15, 0.2) is 0 Å². The number of hydrogen-bond acceptors (Lipinski definition) is 2. The molecule has 130 valence electrons. The highest BCUT2D eigenvalue weighted by atomic mass is 35.5. The summed E-state index contributed by atoms with van der Waals surface area (Å²) in [6.45, 7) is 4.24. The Morgan fingerprint density at radius 2 is 1.80 bits per heavy atom. The molecule has 1 aromatic heterocycles. The molecular formula is C20H21Cl2N3. The molecule has 0 amide bonds. The second-order valence-electron chi connectivity index (χ2n) is 6.85. The molecule has 25 heavy (non-hydrogen) atoms. The maximum absolute atomic E-state index is 6.12. The molecule has 0 spiro atoms. The fourth-order valence-corrected chi connectivity index (χ4v) is 3.98. The average Bonchev–Trinajstić information content (AvgIpc) is 3.03. The van der Waals surface area contributed by atoms with Crippen LogP contribution in [0.25, 0.3) is 11.0 Å². The second kappa shape index (κ2) is 7.36. The second-order valence-corrected chi connectivity index (χ2v) is 7.67. The number of halogens is 2. The normalized spacial score (nSPS) is 16.6. The summed E-state index contributed by atoms with van der Waals surface area (Å²) in [6.07, 6.45) is 4.41. The highest BCUT2D eigenvalue weighted by Crippen LogP contribution is 2.26. The third-order valence-corrected chi connectivity index (χ3v) is 5.82. The average molecular weight is 374 g/mol. The van der Waals surface area contributed by atoms with Crippen molar-refractivity contribution in [1.82, 2.24) is 14.5 Å². The van der Waals surface area contributed by atoms with E-state index in [2.05, 4.69) is 38.7 Å². The molecule has 1 saturated heterocycles. The smallest absolute Gasteiger partial charge is 0.0958 e. The molecule has 1 aliphatic rings. The Hall–Kier alpha value is -1.55. The lowest BCUT2D eigenvalue weighted by atomic mass is 9.96. The van der Waals surface area contributed by atoms with Crippen LogP contribution in [0.5, 0.6) is 0 Å². The zero-order valence-corrected chi connectivity index (χ0v) is 15.5. The maximum atomic E-state index is 6.12. The number of aromatic nitrogens is 2. The number of fused-ring (bicyclic) bond motifs is 1. The summed E-state index contributed by atoms with van der Waals surface area (Å²) in [4.78, 5) is 7.00. The third kappa shape index (κ3) is 3.84. The highest BCUT2D eigenvalue weighted by molar-refractivity contribution is 6.42. The van der Waals surface area contributed by atoms with Crippen molar-refractivity contribution in [2.75, 3.05) is 13.1 Å². The molecule has 0 unspecified atom stereocenters. The number of hydrogen-bond donors (Lipinski definition) is 0. The summed E-state index contributed by atoms with van der Waals surface area (Å²) in [6, 6.07) is 14.3. The van der Waals surface area contributed by atoms with Gasteiger partial charge in [0, 0.05) is 13.1 Å². The van der Waals surface area contributed by atoms with Crippen molar-refractivity contribution in [3.8, 4) is 0 Å². The molecule has 2 heterocycles. The molecule has 0 bridgehead atoms. The summed E-state index contributed by atoms with van der Waals surface area (Å²) in [5, 5.41) is 1.26. The Morgan fingerprint density at radius 1 is 1.00 bits per heavy atom. The van der Waals surface area contributed by atoms with Crippen LogP contribution in [0.1, 0.15) is 18.4 Å². The fraction of sp³-hybridized carbons (Fsp3) is 0.350. The van der Waals surface area contributed by atoms with E-state index in [0.29, 0.717) is 16.0 Å². The van der Waals surface area contributed by atoms with Crippen LogP contribution in [0.2, 0.25) is 10.0 Å². The van der Waals surface area contributed by atoms with Crippen molar-refractivity contribution in [1.29, 1.82) is 0 Å². The van der Waals surface area contributed by atoms with E-state index in [-0.39, 0.29) is 0 Å². The van der Waals surface area contributed by atoms with Crippen LogP contribution in [0, 0.1) is 5.92 Å². The summed E-state index contributed by atoms with van der Waals surface area (Å²) in [5.74, 6) is 0.711. The highest BCUT2D eigenvalue weighted by Gasteiger charge is 2.20. The predicted octanol–water partition coefficient (Wildman–Crippen LogP) is 5.26. The van der Waals surface area contributed by atoms with E-state index in [0.717, 1.165) is 31.7 Å². The van der Waals surface area contributed by atoms with Crippen molar-refractivity contribution < 1.29 is 0 Å². The topological polar surface area (TPSA) is 21.1 Å². The van der Waals surface area contributed by atoms with Gasteiger partial charge in [0.25, 0.3) is 0 Å². The standard InChI is InChI=1S/C20H21Cl2N3/c21-17-6-5-16(11-18(17)22)12-24-9-7-15(8-10-24)13-25-14-23-19-3-1-2-4-20(19)25/h1-6,11,14-15H,7-10,12-13H2. The summed E-state index contributed by atoms with van der Waals surface area (Å²) >= 11 is 12.1. The van der Waals surface area contributed by atoms with E-state index in [4.69, 9.17) is 23.2 Å². The van der Waals surface area contributed by atoms with Gasteiger partial charge in [-0.1, -0.05) is 41.4 Å². The minimum atomic E-state index is 0.622. The van der Waals surface area contributed by atoms with E-state index in [9.17, 15) is 0 Å². The number of para-hydroxylation sites is 2. The third-order valence-electron chi connectivity index (χ3n) is 5.08. The van der Waals surface area contributed by atoms with Gasteiger partial charge < -0.3 is 4.57 Å². The Kier molecular flexibility index (Phi) is 4.98. The van der Waals surface area contributed by atoms with Gasteiger partial charge in [-0.2, -0.15) is 0 Å². The summed E-state index contributed by atoms with van der Waals surface area (Å²) in [5.41, 5.74) is 3.55. The Labute approximate surface area is 158 Å². The summed E-state index contributed by atoms with van der Waals surface area (Å²) < 4.78 is 2.30. The molecule has 2 aromatic carbocycles. The summed E-state index contributed by atoms with van der Waals surface area (Å²) in [7, 11) is 0. The molecule has 3 aromatic rings. The number of imidazole rings is 1. The van der Waals surface area contributed by atoms with E-state index in [1.54, 1.807) is 0 Å². The first kappa shape index (κ1) is 16.9. The number of benzene rings is 2. The van der Waals surface area contributed by atoms with Gasteiger partial charge in [0.1, 0.15) is 0 Å². The largest absolute Gasteiger partial charge is 0.330 e. The van der Waals surface area contributed by atoms with E-state index >= 15 is 0 Å². The zero-order chi connectivity index (χ0) is 17.2. The van der Waals surface area contributed by atoms with Crippen LogP contribution < -0.4 is 0 Å². The molecular weight excluding hydrogens is 353 g/mol. The van der Waals surface area contributed by atoms with Crippen molar-refractivity contribution in [2.24, 2.45) is 5.92 Å². The number of nitrogens with zero attached hydrogens (tertiary/aromatic N) is 3. The van der Waals surface area contributed by atoms with Crippen molar-refractivity contribution >= 4 is 34.2 Å². The zero-order valence-electron chi connectivity index (χ0n) is 14.0. The van der Waals surface area contributed by atoms with Crippen LogP contribution in [-0.2, 0) is 13.1 Å². The van der Waals surface area contributed by atoms with Gasteiger partial charge in [-0.25, -0.2) is 4.98 Å². The number of rotatable bonds is 4. The van der Waals surface area contributed by atoms with Gasteiger partial charge in [-0.3, -0.25) is 4.90 Å². The van der Waals surface area contributed by atoms with Crippen molar-refractivity contribution in [3.05, 3.63) is 64.4 Å². The minimum Gasteiger partial charge on any atom is -0.330 e. The molecule has 1 fully saturated rings. The molecule has 3 nitrogen and oxygen atoms in total. The molecule has 4 rings (SSSR count). The minimum absolute atomic E-state index is 0.622. The van der Waals surface area contributed by atoms with Crippen molar-refractivity contribution in [2.45, 2.75) is 25.9 Å². The van der Waals surface area contributed by atoms with Crippen molar-refractivity contribution in [3.63, 3.8) is 0 Å². The van der Waals surface area contributed by atoms with E-state index in [1.807, 2.05) is 24.5 Å². The molecule has 0 N–H and O–H groups in total. The van der Waals surface area contributed by atoms with Gasteiger partial charge in [0.2, 0.25) is 0 Å². The number of piperidine rings is 1. The quantitative estimate of drug-likeness (QED) is 0.622.